The SMILES string of the molecule is CCOC(=O)C1=C(C)N=c2s/c(=C/c3cc(I)c(OCc4ccccc4Cl)c(I)c3)c(=O)n2[C@@H]1c1ccc(Cl)cc1. The van der Waals surface area contributed by atoms with Gasteiger partial charge >= 0.3 is 5.97 Å². The van der Waals surface area contributed by atoms with Gasteiger partial charge in [-0.15, -0.1) is 0 Å². The maximum Gasteiger partial charge on any atom is 0.338 e. The molecule has 0 fully saturated rings. The molecule has 1 atom stereocenters. The highest BCUT2D eigenvalue weighted by Gasteiger charge is 2.33. The van der Waals surface area contributed by atoms with Crippen molar-refractivity contribution in [3.8, 4) is 5.75 Å². The molecular formula is C30H22Cl2I2N2O4S. The Bertz CT molecular complexity index is 1840. The van der Waals surface area contributed by atoms with Crippen molar-refractivity contribution >= 4 is 91.8 Å². The number of hydrogen-bond acceptors (Lipinski definition) is 6. The Morgan fingerprint density at radius 2 is 1.78 bits per heavy atom. The highest BCUT2D eigenvalue weighted by molar-refractivity contribution is 14.1. The Kier molecular flexibility index (Phi) is 9.59. The zero-order chi connectivity index (χ0) is 29.3. The number of carbonyl (C=O) groups excluding carboxylic acids is 1. The number of fused-ring (bicyclic) bond motifs is 1. The quantitative estimate of drug-likeness (QED) is 0.150. The van der Waals surface area contributed by atoms with Crippen LogP contribution in [-0.2, 0) is 16.1 Å². The van der Waals surface area contributed by atoms with Crippen LogP contribution in [0.2, 0.25) is 10.0 Å². The molecule has 0 aliphatic carbocycles. The highest BCUT2D eigenvalue weighted by Crippen LogP contribution is 2.32. The number of ether oxygens (including phenoxy) is 2. The summed E-state index contributed by atoms with van der Waals surface area (Å²) in [4.78, 5) is 32.1. The molecule has 0 spiro atoms. The van der Waals surface area contributed by atoms with Crippen molar-refractivity contribution in [1.29, 1.82) is 0 Å². The van der Waals surface area contributed by atoms with E-state index in [-0.39, 0.29) is 12.2 Å². The van der Waals surface area contributed by atoms with Gasteiger partial charge in [-0.25, -0.2) is 9.79 Å². The van der Waals surface area contributed by atoms with Crippen molar-refractivity contribution in [2.45, 2.75) is 26.5 Å². The van der Waals surface area contributed by atoms with Crippen LogP contribution in [0.5, 0.6) is 5.75 Å². The number of allylic oxidation sites excluding steroid dienone is 1. The molecule has 41 heavy (non-hydrogen) atoms. The zero-order valence-corrected chi connectivity index (χ0v) is 28.4. The molecule has 3 aromatic carbocycles. The number of carbonyl (C=O) groups is 1. The van der Waals surface area contributed by atoms with Crippen LogP contribution in [0.15, 0.2) is 81.7 Å². The normalized spacial score (nSPS) is 15.0. The predicted molar refractivity (Wildman–Crippen MR) is 180 cm³/mol. The Morgan fingerprint density at radius 3 is 2.44 bits per heavy atom. The van der Waals surface area contributed by atoms with Crippen LogP contribution >= 0.6 is 79.7 Å². The second-order valence-corrected chi connectivity index (χ2v) is 13.2. The van der Waals surface area contributed by atoms with Crippen molar-refractivity contribution in [2.75, 3.05) is 6.61 Å². The molecule has 2 heterocycles. The van der Waals surface area contributed by atoms with E-state index in [9.17, 15) is 9.59 Å². The number of benzene rings is 3. The van der Waals surface area contributed by atoms with E-state index in [0.29, 0.717) is 37.3 Å². The lowest BCUT2D eigenvalue weighted by molar-refractivity contribution is -0.139. The summed E-state index contributed by atoms with van der Waals surface area (Å²) in [6, 6.07) is 17.9. The smallest absolute Gasteiger partial charge is 0.338 e. The zero-order valence-electron chi connectivity index (χ0n) is 21.8. The first-order chi connectivity index (χ1) is 19.7. The standard InChI is InChI=1S/C30H22Cl2I2N2O4S/c1-3-39-29(38)25-16(2)35-30-36(26(25)18-8-10-20(31)11-9-18)28(37)24(41-30)14-17-12-22(33)27(23(34)13-17)40-15-19-6-4-5-7-21(19)32/h4-14,26H,3,15H2,1-2H3/b24-14+/t26-/m1/s1. The molecule has 0 saturated heterocycles. The van der Waals surface area contributed by atoms with Gasteiger partial charge in [-0.1, -0.05) is 64.9 Å². The van der Waals surface area contributed by atoms with Crippen molar-refractivity contribution in [1.82, 2.24) is 4.57 Å². The Hall–Kier alpha value is -2.19. The van der Waals surface area contributed by atoms with Gasteiger partial charge in [0.05, 0.1) is 35.6 Å². The molecule has 0 radical (unpaired) electrons. The summed E-state index contributed by atoms with van der Waals surface area (Å²) in [5.41, 5.74) is 3.09. The highest BCUT2D eigenvalue weighted by atomic mass is 127. The van der Waals surface area contributed by atoms with Crippen molar-refractivity contribution in [3.63, 3.8) is 0 Å². The minimum atomic E-state index is -0.689. The van der Waals surface area contributed by atoms with Gasteiger partial charge in [0.25, 0.3) is 5.56 Å². The van der Waals surface area contributed by atoms with E-state index < -0.39 is 12.0 Å². The van der Waals surface area contributed by atoms with E-state index in [2.05, 4.69) is 50.2 Å². The molecule has 0 bridgehead atoms. The lowest BCUT2D eigenvalue weighted by Gasteiger charge is -2.24. The van der Waals surface area contributed by atoms with E-state index in [4.69, 9.17) is 32.7 Å². The molecule has 6 nitrogen and oxygen atoms in total. The van der Waals surface area contributed by atoms with Crippen LogP contribution in [0.3, 0.4) is 0 Å². The molecule has 0 amide bonds. The molecule has 0 saturated carbocycles. The van der Waals surface area contributed by atoms with Gasteiger partial charge in [-0.3, -0.25) is 9.36 Å². The monoisotopic (exact) mass is 830 g/mol. The maximum absolute atomic E-state index is 13.9. The number of hydrogen-bond donors (Lipinski definition) is 0. The second kappa shape index (κ2) is 13.0. The van der Waals surface area contributed by atoms with Gasteiger partial charge < -0.3 is 9.47 Å². The molecular weight excluding hydrogens is 809 g/mol. The van der Waals surface area contributed by atoms with Crippen LogP contribution in [0, 0.1) is 7.14 Å². The number of aromatic nitrogens is 1. The van der Waals surface area contributed by atoms with E-state index in [1.165, 1.54) is 11.3 Å². The molecule has 4 aromatic rings. The molecule has 0 N–H and O–H groups in total. The van der Waals surface area contributed by atoms with Crippen LogP contribution in [0.1, 0.15) is 36.6 Å². The lowest BCUT2D eigenvalue weighted by atomic mass is 9.96. The van der Waals surface area contributed by atoms with E-state index >= 15 is 0 Å². The molecule has 0 unspecified atom stereocenters. The minimum absolute atomic E-state index is 0.211. The Balaban J connectivity index is 1.56. The first kappa shape index (κ1) is 30.3. The topological polar surface area (TPSA) is 69.9 Å². The van der Waals surface area contributed by atoms with Crippen LogP contribution in [-0.4, -0.2) is 17.1 Å². The van der Waals surface area contributed by atoms with Crippen LogP contribution in [0.4, 0.5) is 0 Å². The second-order valence-electron chi connectivity index (χ2n) is 9.05. The third-order valence-electron chi connectivity index (χ3n) is 6.35. The average Bonchev–Trinajstić information content (AvgIpc) is 3.23. The van der Waals surface area contributed by atoms with E-state index in [1.807, 2.05) is 54.6 Å². The molecule has 1 aliphatic rings. The fraction of sp³-hybridized carbons (Fsp3) is 0.167. The van der Waals surface area contributed by atoms with Gasteiger partial charge in [-0.05, 0) is 107 Å². The van der Waals surface area contributed by atoms with Gasteiger partial charge in [0.15, 0.2) is 4.80 Å². The Morgan fingerprint density at radius 1 is 1.10 bits per heavy atom. The summed E-state index contributed by atoms with van der Waals surface area (Å²) in [6.07, 6.45) is 1.84. The van der Waals surface area contributed by atoms with Gasteiger partial charge in [0.1, 0.15) is 12.4 Å². The van der Waals surface area contributed by atoms with Gasteiger partial charge in [-0.2, -0.15) is 0 Å². The van der Waals surface area contributed by atoms with Crippen molar-refractivity contribution in [3.05, 3.63) is 125 Å². The third kappa shape index (κ3) is 6.43. The summed E-state index contributed by atoms with van der Waals surface area (Å²) in [5, 5.41) is 1.21. The first-order valence-corrected chi connectivity index (χ1v) is 16.2. The largest absolute Gasteiger partial charge is 0.487 e. The van der Waals surface area contributed by atoms with Crippen molar-refractivity contribution in [2.24, 2.45) is 4.99 Å². The van der Waals surface area contributed by atoms with E-state index in [1.54, 1.807) is 30.5 Å². The first-order valence-electron chi connectivity index (χ1n) is 12.5. The molecule has 1 aromatic heterocycles. The minimum Gasteiger partial charge on any atom is -0.487 e. The summed E-state index contributed by atoms with van der Waals surface area (Å²) >= 11 is 18.2. The third-order valence-corrected chi connectivity index (χ3v) is 9.56. The number of nitrogens with zero attached hydrogens (tertiary/aromatic N) is 2. The lowest BCUT2D eigenvalue weighted by Crippen LogP contribution is -2.39. The molecule has 1 aliphatic heterocycles. The fourth-order valence-corrected chi connectivity index (χ4v) is 7.96. The maximum atomic E-state index is 13.9. The summed E-state index contributed by atoms with van der Waals surface area (Å²) in [5.74, 6) is 0.252. The van der Waals surface area contributed by atoms with Crippen LogP contribution in [0.25, 0.3) is 6.08 Å². The Labute approximate surface area is 277 Å². The predicted octanol–water partition coefficient (Wildman–Crippen LogP) is 6.89. The fourth-order valence-electron chi connectivity index (χ4n) is 4.47. The summed E-state index contributed by atoms with van der Waals surface area (Å²) < 4.78 is 15.3. The molecule has 11 heteroatoms. The molecule has 210 valence electrons. The molecule has 5 rings (SSSR count). The van der Waals surface area contributed by atoms with E-state index in [0.717, 1.165) is 29.6 Å². The summed E-state index contributed by atoms with van der Waals surface area (Å²) in [6.45, 7) is 4.06. The van der Waals surface area contributed by atoms with Gasteiger partial charge in [0, 0.05) is 15.6 Å². The van der Waals surface area contributed by atoms with Crippen molar-refractivity contribution < 1.29 is 14.3 Å². The number of rotatable bonds is 7. The van der Waals surface area contributed by atoms with Crippen LogP contribution < -0.4 is 19.6 Å². The number of thiazole rings is 1. The number of halogens is 4. The average molecular weight is 831 g/mol. The van der Waals surface area contributed by atoms with Gasteiger partial charge in [0.2, 0.25) is 0 Å². The summed E-state index contributed by atoms with van der Waals surface area (Å²) in [7, 11) is 0. The number of esters is 1.